The Bertz CT molecular complexity index is 266. The summed E-state index contributed by atoms with van der Waals surface area (Å²) in [4.78, 5) is 1.49. The summed E-state index contributed by atoms with van der Waals surface area (Å²) < 4.78 is 1.24. The lowest BCUT2D eigenvalue weighted by Gasteiger charge is -2.16. The lowest BCUT2D eigenvalue weighted by atomic mass is 10.1. The average molecular weight is 290 g/mol. The highest BCUT2D eigenvalue weighted by Gasteiger charge is 2.07. The summed E-state index contributed by atoms with van der Waals surface area (Å²) in [6, 6.07) is 5.06. The van der Waals surface area contributed by atoms with Crippen LogP contribution in [0.15, 0.2) is 15.9 Å². The fraction of sp³-hybridized carbons (Fsp3) is 0.667. The molecule has 1 atom stereocenters. The predicted octanol–water partition coefficient (Wildman–Crippen LogP) is 4.22. The molecule has 15 heavy (non-hydrogen) atoms. The van der Waals surface area contributed by atoms with E-state index in [0.717, 1.165) is 6.54 Å². The predicted molar refractivity (Wildman–Crippen MR) is 72.7 cm³/mol. The van der Waals surface area contributed by atoms with E-state index in [1.165, 1.54) is 34.3 Å². The summed E-state index contributed by atoms with van der Waals surface area (Å²) in [5.41, 5.74) is 0. The van der Waals surface area contributed by atoms with Crippen molar-refractivity contribution in [2.75, 3.05) is 6.54 Å². The molecular weight excluding hydrogens is 270 g/mol. The summed E-state index contributed by atoms with van der Waals surface area (Å²) in [7, 11) is 0. The van der Waals surface area contributed by atoms with E-state index in [9.17, 15) is 0 Å². The highest BCUT2D eigenvalue weighted by Crippen LogP contribution is 2.23. The smallest absolute Gasteiger partial charge is 0.0701 e. The van der Waals surface area contributed by atoms with Crippen molar-refractivity contribution in [3.8, 4) is 0 Å². The van der Waals surface area contributed by atoms with E-state index < -0.39 is 0 Å². The zero-order valence-corrected chi connectivity index (χ0v) is 12.0. The SMILES string of the molecule is CCCC(CCc1ccc(Br)s1)NCC. The molecule has 1 aromatic heterocycles. The van der Waals surface area contributed by atoms with Gasteiger partial charge in [-0.1, -0.05) is 20.3 Å². The maximum absolute atomic E-state index is 3.55. The van der Waals surface area contributed by atoms with E-state index in [1.54, 1.807) is 0 Å². The van der Waals surface area contributed by atoms with Gasteiger partial charge in [0.25, 0.3) is 0 Å². The molecule has 0 aliphatic carbocycles. The van der Waals surface area contributed by atoms with Crippen LogP contribution in [0.5, 0.6) is 0 Å². The van der Waals surface area contributed by atoms with E-state index in [0.29, 0.717) is 6.04 Å². The Balaban J connectivity index is 2.32. The Kier molecular flexibility index (Phi) is 6.53. The maximum Gasteiger partial charge on any atom is 0.0701 e. The van der Waals surface area contributed by atoms with Crippen molar-refractivity contribution in [3.63, 3.8) is 0 Å². The second-order valence-corrected chi connectivity index (χ2v) is 6.34. The third kappa shape index (κ3) is 5.14. The minimum Gasteiger partial charge on any atom is -0.314 e. The van der Waals surface area contributed by atoms with Crippen LogP contribution in [0.3, 0.4) is 0 Å². The molecule has 1 rings (SSSR count). The van der Waals surface area contributed by atoms with Crippen LogP contribution < -0.4 is 5.32 Å². The van der Waals surface area contributed by atoms with Crippen molar-refractivity contribution in [2.45, 2.75) is 45.6 Å². The molecule has 3 heteroatoms. The lowest BCUT2D eigenvalue weighted by Crippen LogP contribution is -2.29. The maximum atomic E-state index is 3.55. The van der Waals surface area contributed by atoms with E-state index in [-0.39, 0.29) is 0 Å². The Morgan fingerprint density at radius 2 is 2.13 bits per heavy atom. The third-order valence-electron chi connectivity index (χ3n) is 2.50. The number of aryl methyl sites for hydroxylation is 1. The monoisotopic (exact) mass is 289 g/mol. The summed E-state index contributed by atoms with van der Waals surface area (Å²) in [6.07, 6.45) is 5.02. The van der Waals surface area contributed by atoms with Crippen LogP contribution in [0.25, 0.3) is 0 Å². The van der Waals surface area contributed by atoms with Gasteiger partial charge in [-0.15, -0.1) is 11.3 Å². The second kappa shape index (κ2) is 7.42. The number of rotatable bonds is 7. The van der Waals surface area contributed by atoms with Gasteiger partial charge in [-0.05, 0) is 53.9 Å². The van der Waals surface area contributed by atoms with E-state index in [1.807, 2.05) is 11.3 Å². The van der Waals surface area contributed by atoms with Gasteiger partial charge in [0, 0.05) is 10.9 Å². The first-order valence-electron chi connectivity index (χ1n) is 5.73. The molecule has 1 aromatic rings. The van der Waals surface area contributed by atoms with Crippen molar-refractivity contribution >= 4 is 27.3 Å². The first kappa shape index (κ1) is 13.2. The molecule has 0 aliphatic heterocycles. The van der Waals surface area contributed by atoms with Gasteiger partial charge in [-0.2, -0.15) is 0 Å². The number of nitrogens with one attached hydrogen (secondary N) is 1. The Labute approximate surface area is 105 Å². The Hall–Kier alpha value is 0.140. The standard InChI is InChI=1S/C12H20BrNS/c1-3-5-10(14-4-2)6-7-11-8-9-12(13)15-11/h8-10,14H,3-7H2,1-2H3. The minimum atomic E-state index is 0.695. The molecule has 0 amide bonds. The summed E-state index contributed by atoms with van der Waals surface area (Å²) in [6.45, 7) is 5.52. The van der Waals surface area contributed by atoms with Gasteiger partial charge in [0.05, 0.1) is 3.79 Å². The lowest BCUT2D eigenvalue weighted by molar-refractivity contribution is 0.461. The van der Waals surface area contributed by atoms with Gasteiger partial charge in [0.2, 0.25) is 0 Å². The van der Waals surface area contributed by atoms with Crippen LogP contribution in [-0.2, 0) is 6.42 Å². The van der Waals surface area contributed by atoms with Gasteiger partial charge in [-0.3, -0.25) is 0 Å². The normalized spacial score (nSPS) is 13.0. The number of halogens is 1. The molecule has 0 saturated carbocycles. The molecule has 1 N–H and O–H groups in total. The van der Waals surface area contributed by atoms with Crippen LogP contribution in [0.1, 0.15) is 38.0 Å². The van der Waals surface area contributed by atoms with Gasteiger partial charge >= 0.3 is 0 Å². The van der Waals surface area contributed by atoms with Crippen molar-refractivity contribution in [1.29, 1.82) is 0 Å². The van der Waals surface area contributed by atoms with E-state index >= 15 is 0 Å². The first-order valence-corrected chi connectivity index (χ1v) is 7.34. The van der Waals surface area contributed by atoms with Crippen LogP contribution in [0, 0.1) is 0 Å². The molecular formula is C12H20BrNS. The summed E-state index contributed by atoms with van der Waals surface area (Å²) in [5.74, 6) is 0. The summed E-state index contributed by atoms with van der Waals surface area (Å²) in [5, 5.41) is 3.55. The van der Waals surface area contributed by atoms with Crippen LogP contribution in [0.2, 0.25) is 0 Å². The first-order chi connectivity index (χ1) is 7.26. The molecule has 1 unspecified atom stereocenters. The Morgan fingerprint density at radius 3 is 2.67 bits per heavy atom. The number of thiophene rings is 1. The zero-order chi connectivity index (χ0) is 11.1. The molecule has 0 spiro atoms. The fourth-order valence-electron chi connectivity index (χ4n) is 1.79. The minimum absolute atomic E-state index is 0.695. The van der Waals surface area contributed by atoms with Crippen LogP contribution in [0.4, 0.5) is 0 Å². The van der Waals surface area contributed by atoms with Crippen molar-refractivity contribution in [2.24, 2.45) is 0 Å². The molecule has 0 aromatic carbocycles. The van der Waals surface area contributed by atoms with Gasteiger partial charge in [0.15, 0.2) is 0 Å². The van der Waals surface area contributed by atoms with Gasteiger partial charge in [-0.25, -0.2) is 0 Å². The average Bonchev–Trinajstić information content (AvgIpc) is 2.61. The van der Waals surface area contributed by atoms with Crippen molar-refractivity contribution in [1.82, 2.24) is 5.32 Å². The van der Waals surface area contributed by atoms with Gasteiger partial charge in [0.1, 0.15) is 0 Å². The Morgan fingerprint density at radius 1 is 1.33 bits per heavy atom. The molecule has 0 fully saturated rings. The van der Waals surface area contributed by atoms with E-state index in [2.05, 4.69) is 47.2 Å². The third-order valence-corrected chi connectivity index (χ3v) is 4.18. The number of hydrogen-bond acceptors (Lipinski definition) is 2. The number of hydrogen-bond donors (Lipinski definition) is 1. The molecule has 1 nitrogen and oxygen atoms in total. The van der Waals surface area contributed by atoms with Crippen LogP contribution >= 0.6 is 27.3 Å². The van der Waals surface area contributed by atoms with E-state index in [4.69, 9.17) is 0 Å². The highest BCUT2D eigenvalue weighted by atomic mass is 79.9. The molecule has 0 saturated heterocycles. The topological polar surface area (TPSA) is 12.0 Å². The highest BCUT2D eigenvalue weighted by molar-refractivity contribution is 9.11. The van der Waals surface area contributed by atoms with Crippen molar-refractivity contribution < 1.29 is 0 Å². The fourth-order valence-corrected chi connectivity index (χ4v) is 3.29. The van der Waals surface area contributed by atoms with Crippen molar-refractivity contribution in [3.05, 3.63) is 20.8 Å². The van der Waals surface area contributed by atoms with Crippen LogP contribution in [-0.4, -0.2) is 12.6 Å². The molecule has 0 aliphatic rings. The molecule has 0 bridgehead atoms. The molecule has 0 radical (unpaired) electrons. The second-order valence-electron chi connectivity index (χ2n) is 3.79. The van der Waals surface area contributed by atoms with Gasteiger partial charge < -0.3 is 5.32 Å². The molecule has 86 valence electrons. The quantitative estimate of drug-likeness (QED) is 0.792. The molecule has 1 heterocycles. The zero-order valence-electron chi connectivity index (χ0n) is 9.55. The summed E-state index contributed by atoms with van der Waals surface area (Å²) >= 11 is 5.36. The largest absolute Gasteiger partial charge is 0.314 e.